The molecule has 0 spiro atoms. The summed E-state index contributed by atoms with van der Waals surface area (Å²) in [6.07, 6.45) is 0.790. The molecule has 2 heterocycles. The Labute approximate surface area is 149 Å². The van der Waals surface area contributed by atoms with Gasteiger partial charge in [-0.2, -0.15) is 4.98 Å². The molecule has 0 saturated carbocycles. The van der Waals surface area contributed by atoms with Gasteiger partial charge in [-0.15, -0.1) is 0 Å². The van der Waals surface area contributed by atoms with Crippen molar-refractivity contribution >= 4 is 0 Å². The molecule has 6 heteroatoms. The molecular weight excluding hydrogens is 316 g/mol. The number of aromatic nitrogens is 2. The molecule has 25 heavy (non-hydrogen) atoms. The van der Waals surface area contributed by atoms with Crippen LogP contribution in [0.5, 0.6) is 0 Å². The normalized spacial score (nSPS) is 20.3. The third kappa shape index (κ3) is 4.26. The van der Waals surface area contributed by atoms with Crippen LogP contribution in [0, 0.1) is 0 Å². The van der Waals surface area contributed by atoms with Crippen molar-refractivity contribution in [1.82, 2.24) is 19.9 Å². The molecule has 2 atom stereocenters. The van der Waals surface area contributed by atoms with Gasteiger partial charge in [0.15, 0.2) is 5.82 Å². The van der Waals surface area contributed by atoms with Crippen molar-refractivity contribution in [1.29, 1.82) is 0 Å². The molecule has 1 saturated heterocycles. The Bertz CT molecular complexity index is 663. The van der Waals surface area contributed by atoms with Gasteiger partial charge >= 0.3 is 0 Å². The van der Waals surface area contributed by atoms with Gasteiger partial charge in [0.05, 0.1) is 11.6 Å². The second-order valence-electron chi connectivity index (χ2n) is 7.03. The van der Waals surface area contributed by atoms with Crippen molar-refractivity contribution in [2.75, 3.05) is 32.7 Å². The number of nitrogens with zero attached hydrogens (tertiary/aromatic N) is 4. The molecule has 2 aromatic rings. The highest BCUT2D eigenvalue weighted by atomic mass is 16.5. The number of aryl methyl sites for hydroxylation is 1. The number of benzene rings is 1. The van der Waals surface area contributed by atoms with Gasteiger partial charge in [0.1, 0.15) is 0 Å². The molecule has 1 N–H and O–H groups in total. The molecular formula is C19H28N4O2. The molecule has 3 rings (SSSR count). The highest BCUT2D eigenvalue weighted by molar-refractivity contribution is 5.21. The fourth-order valence-electron chi connectivity index (χ4n) is 3.37. The van der Waals surface area contributed by atoms with E-state index in [-0.39, 0.29) is 6.04 Å². The molecule has 0 aliphatic carbocycles. The number of aliphatic hydroxyl groups is 1. The van der Waals surface area contributed by atoms with Gasteiger partial charge in [0.25, 0.3) is 0 Å². The Kier molecular flexibility index (Phi) is 5.51. The zero-order chi connectivity index (χ0) is 17.9. The van der Waals surface area contributed by atoms with Crippen LogP contribution in [0.15, 0.2) is 34.9 Å². The molecule has 0 radical (unpaired) electrons. The van der Waals surface area contributed by atoms with Crippen LogP contribution in [-0.4, -0.2) is 57.8 Å². The van der Waals surface area contributed by atoms with Crippen molar-refractivity contribution in [2.24, 2.45) is 0 Å². The standard InChI is InChI=1S/C19H28N4O2/c1-4-17-20-18(25-21-17)15(2)23-12-10-22(11-13-23)14-19(3,24)16-8-6-5-7-9-16/h5-9,15,24H,4,10-14H2,1-3H3/t15-,19+/m1/s1. The second-order valence-corrected chi connectivity index (χ2v) is 7.03. The van der Waals surface area contributed by atoms with Crippen molar-refractivity contribution < 1.29 is 9.63 Å². The van der Waals surface area contributed by atoms with Crippen molar-refractivity contribution in [2.45, 2.75) is 38.8 Å². The van der Waals surface area contributed by atoms with Crippen LogP contribution in [-0.2, 0) is 12.0 Å². The number of piperazine rings is 1. The lowest BCUT2D eigenvalue weighted by Crippen LogP contribution is -2.50. The Balaban J connectivity index is 1.55. The van der Waals surface area contributed by atoms with Crippen LogP contribution < -0.4 is 0 Å². The molecule has 136 valence electrons. The first-order chi connectivity index (χ1) is 12.0. The minimum Gasteiger partial charge on any atom is -0.384 e. The zero-order valence-corrected chi connectivity index (χ0v) is 15.4. The van der Waals surface area contributed by atoms with E-state index in [0.29, 0.717) is 12.4 Å². The summed E-state index contributed by atoms with van der Waals surface area (Å²) in [4.78, 5) is 9.13. The summed E-state index contributed by atoms with van der Waals surface area (Å²) >= 11 is 0. The summed E-state index contributed by atoms with van der Waals surface area (Å²) in [5.74, 6) is 1.46. The first-order valence-corrected chi connectivity index (χ1v) is 9.06. The van der Waals surface area contributed by atoms with Gasteiger partial charge in [-0.25, -0.2) is 0 Å². The lowest BCUT2D eigenvalue weighted by molar-refractivity contribution is -0.00578. The Morgan fingerprint density at radius 3 is 2.48 bits per heavy atom. The van der Waals surface area contributed by atoms with E-state index < -0.39 is 5.60 Å². The van der Waals surface area contributed by atoms with E-state index in [1.54, 1.807) is 0 Å². The molecule has 0 bridgehead atoms. The minimum atomic E-state index is -0.836. The van der Waals surface area contributed by atoms with Gasteiger partial charge < -0.3 is 9.63 Å². The average Bonchev–Trinajstić information content (AvgIpc) is 3.11. The van der Waals surface area contributed by atoms with Crippen LogP contribution in [0.4, 0.5) is 0 Å². The minimum absolute atomic E-state index is 0.129. The molecule has 0 amide bonds. The fraction of sp³-hybridized carbons (Fsp3) is 0.579. The average molecular weight is 344 g/mol. The zero-order valence-electron chi connectivity index (χ0n) is 15.4. The summed E-state index contributed by atoms with van der Waals surface area (Å²) < 4.78 is 5.38. The molecule has 1 fully saturated rings. The van der Waals surface area contributed by atoms with Crippen LogP contribution in [0.25, 0.3) is 0 Å². The predicted octanol–water partition coefficient (Wildman–Crippen LogP) is 2.22. The smallest absolute Gasteiger partial charge is 0.243 e. The molecule has 1 aromatic carbocycles. The molecule has 1 aliphatic rings. The molecule has 0 unspecified atom stereocenters. The summed E-state index contributed by atoms with van der Waals surface area (Å²) in [6, 6.07) is 10.0. The van der Waals surface area contributed by atoms with E-state index in [1.165, 1.54) is 0 Å². The lowest BCUT2D eigenvalue weighted by atomic mass is 9.95. The third-order valence-electron chi connectivity index (χ3n) is 5.04. The largest absolute Gasteiger partial charge is 0.384 e. The highest BCUT2D eigenvalue weighted by Crippen LogP contribution is 2.24. The Morgan fingerprint density at radius 1 is 1.20 bits per heavy atom. The van der Waals surface area contributed by atoms with Crippen LogP contribution in [0.1, 0.15) is 44.1 Å². The monoisotopic (exact) mass is 344 g/mol. The number of hydrogen-bond acceptors (Lipinski definition) is 6. The van der Waals surface area contributed by atoms with Crippen molar-refractivity contribution in [3.63, 3.8) is 0 Å². The van der Waals surface area contributed by atoms with Crippen LogP contribution >= 0.6 is 0 Å². The van der Waals surface area contributed by atoms with E-state index in [9.17, 15) is 5.11 Å². The van der Waals surface area contributed by atoms with E-state index >= 15 is 0 Å². The quantitative estimate of drug-likeness (QED) is 0.867. The second kappa shape index (κ2) is 7.64. The van der Waals surface area contributed by atoms with Crippen LogP contribution in [0.3, 0.4) is 0 Å². The van der Waals surface area contributed by atoms with E-state index in [0.717, 1.165) is 44.0 Å². The van der Waals surface area contributed by atoms with E-state index in [1.807, 2.05) is 44.2 Å². The Morgan fingerprint density at radius 2 is 1.88 bits per heavy atom. The third-order valence-corrected chi connectivity index (χ3v) is 5.04. The first-order valence-electron chi connectivity index (χ1n) is 9.06. The lowest BCUT2D eigenvalue weighted by Gasteiger charge is -2.39. The Hall–Kier alpha value is -1.76. The number of β-amino-alcohol motifs (C(OH)–C–C–N with tert-alkyl or cyclic N) is 1. The van der Waals surface area contributed by atoms with Gasteiger partial charge in [0.2, 0.25) is 5.89 Å². The van der Waals surface area contributed by atoms with Crippen molar-refractivity contribution in [3.8, 4) is 0 Å². The maximum Gasteiger partial charge on any atom is 0.243 e. The first kappa shape index (κ1) is 18.0. The fourth-order valence-corrected chi connectivity index (χ4v) is 3.37. The summed E-state index contributed by atoms with van der Waals surface area (Å²) in [5, 5.41) is 14.8. The topological polar surface area (TPSA) is 65.6 Å². The van der Waals surface area contributed by atoms with E-state index in [2.05, 4.69) is 26.9 Å². The summed E-state index contributed by atoms with van der Waals surface area (Å²) in [7, 11) is 0. The molecule has 1 aliphatic heterocycles. The number of rotatable bonds is 6. The van der Waals surface area contributed by atoms with E-state index in [4.69, 9.17) is 4.52 Å². The number of hydrogen-bond donors (Lipinski definition) is 1. The predicted molar refractivity (Wildman–Crippen MR) is 96.1 cm³/mol. The maximum atomic E-state index is 10.8. The van der Waals surface area contributed by atoms with Gasteiger partial charge in [-0.3, -0.25) is 9.80 Å². The maximum absolute atomic E-state index is 10.8. The van der Waals surface area contributed by atoms with Gasteiger partial charge in [-0.1, -0.05) is 42.4 Å². The van der Waals surface area contributed by atoms with Gasteiger partial charge in [-0.05, 0) is 19.4 Å². The van der Waals surface area contributed by atoms with Crippen molar-refractivity contribution in [3.05, 3.63) is 47.6 Å². The molecule has 6 nitrogen and oxygen atoms in total. The highest BCUT2D eigenvalue weighted by Gasteiger charge is 2.30. The SMILES string of the molecule is CCc1noc([C@@H](C)N2CCN(C[C@](C)(O)c3ccccc3)CC2)n1. The van der Waals surface area contributed by atoms with Gasteiger partial charge in [0, 0.05) is 39.1 Å². The molecule has 1 aromatic heterocycles. The summed E-state index contributed by atoms with van der Waals surface area (Å²) in [6.45, 7) is 10.4. The van der Waals surface area contributed by atoms with Crippen LogP contribution in [0.2, 0.25) is 0 Å². The summed E-state index contributed by atoms with van der Waals surface area (Å²) in [5.41, 5.74) is 0.126.